The minimum absolute atomic E-state index is 0.0709. The van der Waals surface area contributed by atoms with Crippen LogP contribution in [0.3, 0.4) is 0 Å². The zero-order valence-corrected chi connectivity index (χ0v) is 13.1. The van der Waals surface area contributed by atoms with E-state index in [0.717, 1.165) is 31.6 Å². The van der Waals surface area contributed by atoms with Crippen molar-refractivity contribution in [2.45, 2.75) is 77.2 Å². The quantitative estimate of drug-likeness (QED) is 0.757. The third-order valence-corrected chi connectivity index (χ3v) is 5.23. The average molecular weight is 295 g/mol. The zero-order valence-electron chi connectivity index (χ0n) is 13.1. The van der Waals surface area contributed by atoms with Crippen LogP contribution < -0.4 is 5.32 Å². The number of hydrogen-bond donors (Lipinski definition) is 2. The molecule has 0 aliphatic heterocycles. The van der Waals surface area contributed by atoms with Gasteiger partial charge in [0.25, 0.3) is 0 Å². The van der Waals surface area contributed by atoms with Gasteiger partial charge < -0.3 is 10.4 Å². The first-order chi connectivity index (χ1) is 10.1. The lowest BCUT2D eigenvalue weighted by Crippen LogP contribution is -2.38. The molecule has 0 aromatic rings. The van der Waals surface area contributed by atoms with Crippen molar-refractivity contribution in [1.82, 2.24) is 5.32 Å². The first kappa shape index (κ1) is 16.3. The Balaban J connectivity index is 1.82. The van der Waals surface area contributed by atoms with Crippen LogP contribution in [0.4, 0.5) is 0 Å². The first-order valence-electron chi connectivity index (χ1n) is 8.63. The highest BCUT2D eigenvalue weighted by Gasteiger charge is 2.32. The average Bonchev–Trinajstić information content (AvgIpc) is 3.09. The molecule has 4 heteroatoms. The molecule has 120 valence electrons. The van der Waals surface area contributed by atoms with Crippen LogP contribution in [0.25, 0.3) is 0 Å². The van der Waals surface area contributed by atoms with Crippen molar-refractivity contribution in [2.75, 3.05) is 0 Å². The number of carbonyl (C=O) groups excluding carboxylic acids is 1. The van der Waals surface area contributed by atoms with E-state index in [1.165, 1.54) is 25.7 Å². The van der Waals surface area contributed by atoms with Gasteiger partial charge in [-0.25, -0.2) is 0 Å². The van der Waals surface area contributed by atoms with Crippen molar-refractivity contribution >= 4 is 11.9 Å². The molecule has 0 aromatic heterocycles. The fourth-order valence-electron chi connectivity index (χ4n) is 4.01. The zero-order chi connectivity index (χ0) is 15.2. The molecule has 3 atom stereocenters. The molecule has 2 fully saturated rings. The predicted molar refractivity (Wildman–Crippen MR) is 81.9 cm³/mol. The van der Waals surface area contributed by atoms with Crippen molar-refractivity contribution in [3.05, 3.63) is 0 Å². The van der Waals surface area contributed by atoms with E-state index >= 15 is 0 Å². The second kappa shape index (κ2) is 7.81. The maximum absolute atomic E-state index is 12.5. The molecule has 2 aliphatic carbocycles. The van der Waals surface area contributed by atoms with E-state index in [2.05, 4.69) is 12.2 Å². The summed E-state index contributed by atoms with van der Waals surface area (Å²) in [6.07, 6.45) is 10.3. The fraction of sp³-hybridized carbons (Fsp3) is 0.882. The lowest BCUT2D eigenvalue weighted by Gasteiger charge is -2.22. The molecule has 0 aromatic carbocycles. The van der Waals surface area contributed by atoms with Gasteiger partial charge in [-0.3, -0.25) is 9.59 Å². The Bertz CT molecular complexity index is 363. The minimum Gasteiger partial charge on any atom is -0.481 e. The first-order valence-corrected chi connectivity index (χ1v) is 8.63. The summed E-state index contributed by atoms with van der Waals surface area (Å²) < 4.78 is 0. The van der Waals surface area contributed by atoms with Crippen LogP contribution in [-0.4, -0.2) is 23.0 Å². The molecule has 4 nitrogen and oxygen atoms in total. The highest BCUT2D eigenvalue weighted by molar-refractivity contribution is 5.79. The molecule has 0 heterocycles. The Morgan fingerprint density at radius 1 is 1.19 bits per heavy atom. The number of carbonyl (C=O) groups is 2. The van der Waals surface area contributed by atoms with Gasteiger partial charge in [-0.1, -0.05) is 39.0 Å². The van der Waals surface area contributed by atoms with Crippen molar-refractivity contribution < 1.29 is 14.7 Å². The summed E-state index contributed by atoms with van der Waals surface area (Å²) in [5.74, 6) is 0.0296. The molecular weight excluding hydrogens is 266 g/mol. The number of hydrogen-bond acceptors (Lipinski definition) is 2. The molecule has 0 saturated heterocycles. The van der Waals surface area contributed by atoms with Crippen molar-refractivity contribution in [3.8, 4) is 0 Å². The van der Waals surface area contributed by atoms with Crippen LogP contribution >= 0.6 is 0 Å². The van der Waals surface area contributed by atoms with Crippen molar-refractivity contribution in [2.24, 2.45) is 17.8 Å². The molecule has 0 radical (unpaired) electrons. The van der Waals surface area contributed by atoms with Crippen LogP contribution in [0.1, 0.15) is 71.1 Å². The van der Waals surface area contributed by atoms with Crippen LogP contribution in [0, 0.1) is 17.8 Å². The maximum Gasteiger partial charge on any atom is 0.306 e. The van der Waals surface area contributed by atoms with Gasteiger partial charge in [-0.05, 0) is 38.0 Å². The van der Waals surface area contributed by atoms with E-state index in [-0.39, 0.29) is 23.8 Å². The SMILES string of the molecule is CCCC(CC1CCCC1)C(=O)N[C@H]1CC[C@@H](C(=O)O)C1. The second-order valence-corrected chi connectivity index (χ2v) is 6.93. The summed E-state index contributed by atoms with van der Waals surface area (Å²) in [6, 6.07) is 0.0709. The van der Waals surface area contributed by atoms with E-state index in [1.54, 1.807) is 0 Å². The minimum atomic E-state index is -0.720. The smallest absolute Gasteiger partial charge is 0.306 e. The Morgan fingerprint density at radius 2 is 1.90 bits per heavy atom. The fourth-order valence-corrected chi connectivity index (χ4v) is 4.01. The van der Waals surface area contributed by atoms with Gasteiger partial charge in [0.2, 0.25) is 5.91 Å². The summed E-state index contributed by atoms with van der Waals surface area (Å²) in [5, 5.41) is 12.2. The molecule has 21 heavy (non-hydrogen) atoms. The summed E-state index contributed by atoms with van der Waals surface area (Å²) in [6.45, 7) is 2.13. The topological polar surface area (TPSA) is 66.4 Å². The van der Waals surface area contributed by atoms with Gasteiger partial charge in [-0.15, -0.1) is 0 Å². The van der Waals surface area contributed by atoms with Crippen LogP contribution in [0.5, 0.6) is 0 Å². The number of rotatable bonds is 7. The molecule has 1 amide bonds. The van der Waals surface area contributed by atoms with Gasteiger partial charge in [0.15, 0.2) is 0 Å². The van der Waals surface area contributed by atoms with Gasteiger partial charge in [0.05, 0.1) is 5.92 Å². The van der Waals surface area contributed by atoms with E-state index in [1.807, 2.05) is 0 Å². The van der Waals surface area contributed by atoms with Crippen molar-refractivity contribution in [1.29, 1.82) is 0 Å². The Kier molecular flexibility index (Phi) is 6.07. The van der Waals surface area contributed by atoms with Gasteiger partial charge in [-0.2, -0.15) is 0 Å². The molecule has 2 saturated carbocycles. The summed E-state index contributed by atoms with van der Waals surface area (Å²) >= 11 is 0. The molecule has 2 aliphatic rings. The van der Waals surface area contributed by atoms with E-state index in [9.17, 15) is 9.59 Å². The summed E-state index contributed by atoms with van der Waals surface area (Å²) in [5.41, 5.74) is 0. The molecule has 0 spiro atoms. The third kappa shape index (κ3) is 4.72. The Morgan fingerprint density at radius 3 is 2.48 bits per heavy atom. The normalized spacial score (nSPS) is 27.7. The highest BCUT2D eigenvalue weighted by Crippen LogP contribution is 2.32. The molecule has 2 N–H and O–H groups in total. The molecular formula is C17H29NO3. The van der Waals surface area contributed by atoms with E-state index in [0.29, 0.717) is 12.8 Å². The van der Waals surface area contributed by atoms with Gasteiger partial charge in [0.1, 0.15) is 0 Å². The van der Waals surface area contributed by atoms with Gasteiger partial charge >= 0.3 is 5.97 Å². The number of nitrogens with one attached hydrogen (secondary N) is 1. The maximum atomic E-state index is 12.5. The predicted octanol–water partition coefficient (Wildman–Crippen LogP) is 3.35. The monoisotopic (exact) mass is 295 g/mol. The largest absolute Gasteiger partial charge is 0.481 e. The lowest BCUT2D eigenvalue weighted by atomic mass is 9.89. The standard InChI is InChI=1S/C17H29NO3/c1-2-5-13(10-12-6-3-4-7-12)16(19)18-15-9-8-14(11-15)17(20)21/h12-15H,2-11H2,1H3,(H,18,19)(H,20,21)/t13?,14-,15+/m1/s1. The highest BCUT2D eigenvalue weighted by atomic mass is 16.4. The number of amides is 1. The summed E-state index contributed by atoms with van der Waals surface area (Å²) in [7, 11) is 0. The lowest BCUT2D eigenvalue weighted by molar-refractivity contribution is -0.141. The summed E-state index contributed by atoms with van der Waals surface area (Å²) in [4.78, 5) is 23.5. The second-order valence-electron chi connectivity index (χ2n) is 6.93. The number of carboxylic acids is 1. The van der Waals surface area contributed by atoms with E-state index < -0.39 is 5.97 Å². The van der Waals surface area contributed by atoms with Gasteiger partial charge in [0, 0.05) is 12.0 Å². The molecule has 0 bridgehead atoms. The van der Waals surface area contributed by atoms with E-state index in [4.69, 9.17) is 5.11 Å². The Labute approximate surface area is 127 Å². The van der Waals surface area contributed by atoms with Crippen molar-refractivity contribution in [3.63, 3.8) is 0 Å². The molecule has 2 rings (SSSR count). The Hall–Kier alpha value is -1.06. The van der Waals surface area contributed by atoms with Crippen LogP contribution in [0.2, 0.25) is 0 Å². The number of carboxylic acid groups (broad SMARTS) is 1. The third-order valence-electron chi connectivity index (χ3n) is 5.23. The van der Waals surface area contributed by atoms with Crippen LogP contribution in [-0.2, 0) is 9.59 Å². The molecule has 1 unspecified atom stereocenters. The number of aliphatic carboxylic acids is 1. The van der Waals surface area contributed by atoms with Crippen LogP contribution in [0.15, 0.2) is 0 Å².